The molecule has 26 heavy (non-hydrogen) atoms. The van der Waals surface area contributed by atoms with Crippen molar-refractivity contribution in [3.05, 3.63) is 59.4 Å². The summed E-state index contributed by atoms with van der Waals surface area (Å²) in [6, 6.07) is 13.3. The molecular formula is C20H22N4O2. The summed E-state index contributed by atoms with van der Waals surface area (Å²) in [6.07, 6.45) is 3.82. The molecule has 0 spiro atoms. The zero-order chi connectivity index (χ0) is 18.4. The van der Waals surface area contributed by atoms with Gasteiger partial charge in [0.15, 0.2) is 0 Å². The molecule has 1 atom stereocenters. The van der Waals surface area contributed by atoms with Crippen LogP contribution in [0.2, 0.25) is 0 Å². The second-order valence-electron chi connectivity index (χ2n) is 6.42. The number of carbonyl (C=O) groups is 1. The lowest BCUT2D eigenvalue weighted by Gasteiger charge is -2.24. The van der Waals surface area contributed by atoms with Gasteiger partial charge in [-0.15, -0.1) is 0 Å². The fraction of sp³-hybridized carbons (Fsp3) is 0.350. The van der Waals surface area contributed by atoms with Gasteiger partial charge < -0.3 is 10.1 Å². The lowest BCUT2D eigenvalue weighted by Crippen LogP contribution is -2.32. The molecule has 6 nitrogen and oxygen atoms in total. The quantitative estimate of drug-likeness (QED) is 0.867. The van der Waals surface area contributed by atoms with E-state index < -0.39 is 0 Å². The van der Waals surface area contributed by atoms with Gasteiger partial charge in [0.25, 0.3) is 5.91 Å². The molecule has 1 aliphatic heterocycles. The van der Waals surface area contributed by atoms with Crippen molar-refractivity contribution in [1.82, 2.24) is 9.88 Å². The van der Waals surface area contributed by atoms with E-state index in [1.54, 1.807) is 25.3 Å². The fourth-order valence-corrected chi connectivity index (χ4v) is 3.27. The molecule has 0 saturated carbocycles. The highest BCUT2D eigenvalue weighted by Crippen LogP contribution is 2.21. The Hall–Kier alpha value is -2.75. The zero-order valence-electron chi connectivity index (χ0n) is 14.8. The summed E-state index contributed by atoms with van der Waals surface area (Å²) in [5.41, 5.74) is 2.60. The average molecular weight is 350 g/mol. The normalized spacial score (nSPS) is 17.0. The molecule has 0 bridgehead atoms. The van der Waals surface area contributed by atoms with Crippen molar-refractivity contribution < 1.29 is 9.53 Å². The third-order valence-corrected chi connectivity index (χ3v) is 4.57. The van der Waals surface area contributed by atoms with Gasteiger partial charge in [-0.25, -0.2) is 4.98 Å². The number of nitrogens with one attached hydrogen (secondary N) is 1. The number of likely N-dealkylation sites (tertiary alicyclic amines) is 1. The molecule has 6 heteroatoms. The molecule has 0 radical (unpaired) electrons. The summed E-state index contributed by atoms with van der Waals surface area (Å²) >= 11 is 0. The number of anilines is 1. The largest absolute Gasteiger partial charge is 0.383 e. The van der Waals surface area contributed by atoms with Gasteiger partial charge in [0, 0.05) is 25.3 Å². The number of aromatic nitrogens is 1. The van der Waals surface area contributed by atoms with Gasteiger partial charge in [-0.3, -0.25) is 9.69 Å². The highest BCUT2D eigenvalue weighted by Gasteiger charge is 2.24. The van der Waals surface area contributed by atoms with Gasteiger partial charge in [0.05, 0.1) is 18.5 Å². The number of benzene rings is 1. The number of rotatable bonds is 6. The van der Waals surface area contributed by atoms with Crippen LogP contribution in [0.25, 0.3) is 0 Å². The van der Waals surface area contributed by atoms with Gasteiger partial charge in [0.1, 0.15) is 11.8 Å². The first-order chi connectivity index (χ1) is 12.7. The number of pyridine rings is 1. The molecular weight excluding hydrogens is 328 g/mol. The van der Waals surface area contributed by atoms with E-state index in [-0.39, 0.29) is 5.91 Å². The standard InChI is InChI=1S/C20H22N4O2/c1-26-14-19-6-3-9-24(19)13-15-4-2-5-16(10-15)20(25)23-18-8-7-17(11-21)22-12-18/h2,4-5,7-8,10,12,19H,3,6,9,13-14H2,1H3,(H,23,25)/t19-/m1/s1. The number of nitrogens with zero attached hydrogens (tertiary/aromatic N) is 3. The van der Waals surface area contributed by atoms with Crippen molar-refractivity contribution in [3.63, 3.8) is 0 Å². The molecule has 2 heterocycles. The molecule has 0 unspecified atom stereocenters. The summed E-state index contributed by atoms with van der Waals surface area (Å²) < 4.78 is 5.31. The van der Waals surface area contributed by atoms with Crippen LogP contribution in [0.5, 0.6) is 0 Å². The Labute approximate surface area is 153 Å². The van der Waals surface area contributed by atoms with Crippen LogP contribution in [0.3, 0.4) is 0 Å². The van der Waals surface area contributed by atoms with E-state index in [0.717, 1.165) is 31.7 Å². The van der Waals surface area contributed by atoms with Crippen molar-refractivity contribution in [2.75, 3.05) is 25.6 Å². The topological polar surface area (TPSA) is 78.2 Å². The number of hydrogen-bond acceptors (Lipinski definition) is 5. The van der Waals surface area contributed by atoms with E-state index in [1.807, 2.05) is 24.3 Å². The third-order valence-electron chi connectivity index (χ3n) is 4.57. The summed E-state index contributed by atoms with van der Waals surface area (Å²) in [7, 11) is 1.74. The van der Waals surface area contributed by atoms with E-state index in [1.165, 1.54) is 12.6 Å². The van der Waals surface area contributed by atoms with Gasteiger partial charge in [-0.05, 0) is 49.2 Å². The van der Waals surface area contributed by atoms with E-state index in [0.29, 0.717) is 23.0 Å². The number of amides is 1. The molecule has 2 aromatic rings. The van der Waals surface area contributed by atoms with Crippen molar-refractivity contribution in [1.29, 1.82) is 5.26 Å². The van der Waals surface area contributed by atoms with Gasteiger partial charge in [-0.2, -0.15) is 5.26 Å². The first-order valence-electron chi connectivity index (χ1n) is 8.69. The van der Waals surface area contributed by atoms with Crippen molar-refractivity contribution in [2.24, 2.45) is 0 Å². The molecule has 1 aromatic heterocycles. The van der Waals surface area contributed by atoms with E-state index in [4.69, 9.17) is 10.00 Å². The lowest BCUT2D eigenvalue weighted by atomic mass is 10.1. The highest BCUT2D eigenvalue weighted by atomic mass is 16.5. The molecule has 1 aliphatic rings. The summed E-state index contributed by atoms with van der Waals surface area (Å²) in [5.74, 6) is -0.187. The molecule has 1 amide bonds. The second kappa shape index (κ2) is 8.56. The third kappa shape index (κ3) is 4.45. The lowest BCUT2D eigenvalue weighted by molar-refractivity contribution is 0.102. The van der Waals surface area contributed by atoms with Crippen molar-refractivity contribution >= 4 is 11.6 Å². The van der Waals surface area contributed by atoms with Crippen molar-refractivity contribution in [2.45, 2.75) is 25.4 Å². The monoisotopic (exact) mass is 350 g/mol. The van der Waals surface area contributed by atoms with Crippen LogP contribution in [0.15, 0.2) is 42.6 Å². The number of hydrogen-bond donors (Lipinski definition) is 1. The van der Waals surface area contributed by atoms with Gasteiger partial charge in [-0.1, -0.05) is 12.1 Å². The first kappa shape index (κ1) is 18.1. The Bertz CT molecular complexity index is 798. The Morgan fingerprint density at radius 1 is 1.42 bits per heavy atom. The number of ether oxygens (including phenoxy) is 1. The van der Waals surface area contributed by atoms with Crippen LogP contribution in [-0.4, -0.2) is 42.1 Å². The number of carbonyl (C=O) groups excluding carboxylic acids is 1. The maximum atomic E-state index is 12.5. The molecule has 1 aromatic carbocycles. The fourth-order valence-electron chi connectivity index (χ4n) is 3.27. The average Bonchev–Trinajstić information content (AvgIpc) is 3.10. The predicted molar refractivity (Wildman–Crippen MR) is 98.7 cm³/mol. The van der Waals surface area contributed by atoms with Crippen LogP contribution in [-0.2, 0) is 11.3 Å². The number of nitriles is 1. The van der Waals surface area contributed by atoms with Gasteiger partial charge in [0.2, 0.25) is 0 Å². The minimum atomic E-state index is -0.187. The summed E-state index contributed by atoms with van der Waals surface area (Å²) in [4.78, 5) is 18.9. The minimum absolute atomic E-state index is 0.187. The molecule has 1 saturated heterocycles. The SMILES string of the molecule is COC[C@H]1CCCN1Cc1cccc(C(=O)Nc2ccc(C#N)nc2)c1. The Kier molecular flexibility index (Phi) is 5.95. The smallest absolute Gasteiger partial charge is 0.255 e. The zero-order valence-corrected chi connectivity index (χ0v) is 14.8. The van der Waals surface area contributed by atoms with Crippen LogP contribution >= 0.6 is 0 Å². The maximum absolute atomic E-state index is 12.5. The predicted octanol–water partition coefficient (Wildman–Crippen LogP) is 2.82. The van der Waals surface area contributed by atoms with Crippen LogP contribution in [0.4, 0.5) is 5.69 Å². The molecule has 0 aliphatic carbocycles. The molecule has 1 fully saturated rings. The van der Waals surface area contributed by atoms with E-state index >= 15 is 0 Å². The van der Waals surface area contributed by atoms with E-state index in [9.17, 15) is 4.79 Å². The Morgan fingerprint density at radius 3 is 3.04 bits per heavy atom. The number of methoxy groups -OCH3 is 1. The van der Waals surface area contributed by atoms with E-state index in [2.05, 4.69) is 15.2 Å². The van der Waals surface area contributed by atoms with Crippen molar-refractivity contribution in [3.8, 4) is 6.07 Å². The first-order valence-corrected chi connectivity index (χ1v) is 8.69. The maximum Gasteiger partial charge on any atom is 0.255 e. The molecule has 3 rings (SSSR count). The molecule has 1 N–H and O–H groups in total. The van der Waals surface area contributed by atoms with Crippen LogP contribution in [0.1, 0.15) is 34.5 Å². The van der Waals surface area contributed by atoms with Crippen LogP contribution < -0.4 is 5.32 Å². The Balaban J connectivity index is 1.66. The summed E-state index contributed by atoms with van der Waals surface area (Å²) in [5, 5.41) is 11.6. The summed E-state index contributed by atoms with van der Waals surface area (Å²) in [6.45, 7) is 2.61. The molecule has 134 valence electrons. The highest BCUT2D eigenvalue weighted by molar-refractivity contribution is 6.04. The Morgan fingerprint density at radius 2 is 2.31 bits per heavy atom. The second-order valence-corrected chi connectivity index (χ2v) is 6.42. The van der Waals surface area contributed by atoms with Crippen LogP contribution in [0, 0.1) is 11.3 Å². The van der Waals surface area contributed by atoms with Gasteiger partial charge >= 0.3 is 0 Å². The minimum Gasteiger partial charge on any atom is -0.383 e.